The molecular formula is C60H40N2O. The average molecular weight is 805 g/mol. The number of furan rings is 1. The van der Waals surface area contributed by atoms with E-state index in [0.29, 0.717) is 0 Å². The Kier molecular flexibility index (Phi) is 8.04. The molecule has 0 amide bonds. The van der Waals surface area contributed by atoms with Crippen molar-refractivity contribution in [2.75, 3.05) is 4.90 Å². The summed E-state index contributed by atoms with van der Waals surface area (Å²) in [5.41, 5.74) is 18.7. The third-order valence-corrected chi connectivity index (χ3v) is 13.3. The predicted molar refractivity (Wildman–Crippen MR) is 263 cm³/mol. The fourth-order valence-electron chi connectivity index (χ4n) is 10.5. The molecule has 1 aliphatic carbocycles. The molecule has 0 bridgehead atoms. The highest BCUT2D eigenvalue weighted by molar-refractivity contribution is 6.14. The molecule has 0 fully saturated rings. The SMILES string of the molecule is C1=CC2c3cc(-c4ccc5oc6cccc(-c7cccc(-c8ccccc8-c8ccc9c(c8)c8ccccc8n9-c8ccccc8)c7)c6c5c4)ccc3N(c3ccccc3)C2C=C1. The van der Waals surface area contributed by atoms with E-state index in [-0.39, 0.29) is 12.0 Å². The second-order valence-corrected chi connectivity index (χ2v) is 16.8. The highest BCUT2D eigenvalue weighted by atomic mass is 16.3. The Bertz CT molecular complexity index is 3650. The third-order valence-electron chi connectivity index (χ3n) is 13.3. The number of hydrogen-bond donors (Lipinski definition) is 0. The Morgan fingerprint density at radius 3 is 1.84 bits per heavy atom. The van der Waals surface area contributed by atoms with Crippen molar-refractivity contribution in [3.63, 3.8) is 0 Å². The van der Waals surface area contributed by atoms with E-state index in [1.165, 1.54) is 72.1 Å². The molecule has 0 N–H and O–H groups in total. The van der Waals surface area contributed by atoms with E-state index in [0.717, 1.165) is 38.8 Å². The molecule has 0 saturated heterocycles. The zero-order valence-corrected chi connectivity index (χ0v) is 34.4. The van der Waals surface area contributed by atoms with Gasteiger partial charge in [0.2, 0.25) is 0 Å². The van der Waals surface area contributed by atoms with Crippen LogP contribution in [-0.2, 0) is 0 Å². The summed E-state index contributed by atoms with van der Waals surface area (Å²) in [6.45, 7) is 0. The van der Waals surface area contributed by atoms with Crippen LogP contribution in [0.3, 0.4) is 0 Å². The molecule has 63 heavy (non-hydrogen) atoms. The number of anilines is 2. The van der Waals surface area contributed by atoms with Crippen LogP contribution >= 0.6 is 0 Å². The van der Waals surface area contributed by atoms with E-state index in [9.17, 15) is 0 Å². The van der Waals surface area contributed by atoms with Crippen molar-refractivity contribution < 1.29 is 4.42 Å². The largest absolute Gasteiger partial charge is 0.456 e. The molecule has 2 unspecified atom stereocenters. The normalized spacial score (nSPS) is 15.5. The lowest BCUT2D eigenvalue weighted by Crippen LogP contribution is -2.28. The number of fused-ring (bicyclic) bond motifs is 9. The van der Waals surface area contributed by atoms with Gasteiger partial charge in [0.25, 0.3) is 0 Å². The summed E-state index contributed by atoms with van der Waals surface area (Å²) in [5.74, 6) is 0.289. The molecule has 13 rings (SSSR count). The molecule has 3 nitrogen and oxygen atoms in total. The van der Waals surface area contributed by atoms with Crippen LogP contribution in [0.2, 0.25) is 0 Å². The van der Waals surface area contributed by atoms with Crippen LogP contribution in [0.15, 0.2) is 235 Å². The molecule has 3 heterocycles. The minimum absolute atomic E-state index is 0.255. The Morgan fingerprint density at radius 2 is 1.00 bits per heavy atom. The van der Waals surface area contributed by atoms with Gasteiger partial charge < -0.3 is 13.9 Å². The molecule has 9 aromatic carbocycles. The van der Waals surface area contributed by atoms with E-state index in [4.69, 9.17) is 4.42 Å². The smallest absolute Gasteiger partial charge is 0.136 e. The lowest BCUT2D eigenvalue weighted by atomic mass is 9.89. The summed E-state index contributed by atoms with van der Waals surface area (Å²) in [6, 6.07) is 75.3. The lowest BCUT2D eigenvalue weighted by Gasteiger charge is -2.28. The maximum atomic E-state index is 6.58. The molecule has 0 saturated carbocycles. The maximum absolute atomic E-state index is 6.58. The monoisotopic (exact) mass is 804 g/mol. The summed E-state index contributed by atoms with van der Waals surface area (Å²) in [7, 11) is 0. The Labute approximate surface area is 365 Å². The van der Waals surface area contributed by atoms with Gasteiger partial charge >= 0.3 is 0 Å². The van der Waals surface area contributed by atoms with Gasteiger partial charge in [-0.25, -0.2) is 0 Å². The maximum Gasteiger partial charge on any atom is 0.136 e. The van der Waals surface area contributed by atoms with Gasteiger partial charge in [0, 0.05) is 44.5 Å². The second kappa shape index (κ2) is 14.2. The fourth-order valence-corrected chi connectivity index (χ4v) is 10.5. The quantitative estimate of drug-likeness (QED) is 0.167. The van der Waals surface area contributed by atoms with Crippen molar-refractivity contribution in [1.82, 2.24) is 4.57 Å². The number of aromatic nitrogens is 1. The molecular weight excluding hydrogens is 765 g/mol. The lowest BCUT2D eigenvalue weighted by molar-refractivity contribution is 0.669. The zero-order chi connectivity index (χ0) is 41.4. The summed E-state index contributed by atoms with van der Waals surface area (Å²) in [5, 5.41) is 4.75. The van der Waals surface area contributed by atoms with Crippen LogP contribution in [-0.4, -0.2) is 10.6 Å². The minimum atomic E-state index is 0.255. The van der Waals surface area contributed by atoms with Gasteiger partial charge in [0.05, 0.1) is 17.1 Å². The topological polar surface area (TPSA) is 21.3 Å². The first-order valence-electron chi connectivity index (χ1n) is 21.8. The molecule has 11 aromatic rings. The van der Waals surface area contributed by atoms with Crippen molar-refractivity contribution in [1.29, 1.82) is 0 Å². The molecule has 0 spiro atoms. The van der Waals surface area contributed by atoms with E-state index in [1.54, 1.807) is 0 Å². The number of allylic oxidation sites excluding steroid dienone is 2. The number of rotatable bonds is 6. The van der Waals surface area contributed by atoms with Crippen LogP contribution in [0.5, 0.6) is 0 Å². The van der Waals surface area contributed by atoms with Gasteiger partial charge in [-0.15, -0.1) is 0 Å². The first kappa shape index (κ1) is 35.6. The van der Waals surface area contributed by atoms with E-state index in [2.05, 4.69) is 240 Å². The number of para-hydroxylation sites is 3. The molecule has 2 aromatic heterocycles. The Morgan fingerprint density at radius 1 is 0.381 bits per heavy atom. The summed E-state index contributed by atoms with van der Waals surface area (Å²) in [4.78, 5) is 2.49. The first-order valence-corrected chi connectivity index (χ1v) is 21.8. The third kappa shape index (κ3) is 5.67. The van der Waals surface area contributed by atoms with E-state index >= 15 is 0 Å². The van der Waals surface area contributed by atoms with Gasteiger partial charge in [0.1, 0.15) is 11.2 Å². The molecule has 1 aliphatic heterocycles. The van der Waals surface area contributed by atoms with Gasteiger partial charge in [-0.3, -0.25) is 0 Å². The van der Waals surface area contributed by atoms with E-state index < -0.39 is 0 Å². The van der Waals surface area contributed by atoms with Crippen LogP contribution in [0.1, 0.15) is 11.5 Å². The first-order chi connectivity index (χ1) is 31.2. The standard InChI is InChI=1S/C60H40N2O/c1-3-17-44(18-4-1)61-54-26-11-9-23-49(54)51-36-39(29-32-56(51)61)40-31-34-58-53(37-40)60-48(25-14-28-59(60)63-58)42-16-13-15-41(35-42)46-21-7-8-22-47(46)43-30-33-57-52(38-43)50-24-10-12-27-55(50)62(57)45-19-5-2-6-20-45/h1-38,49,54H. The van der Waals surface area contributed by atoms with Gasteiger partial charge in [-0.1, -0.05) is 152 Å². The fraction of sp³-hybridized carbons (Fsp3) is 0.0333. The number of nitrogens with zero attached hydrogens (tertiary/aromatic N) is 2. The van der Waals surface area contributed by atoms with Crippen molar-refractivity contribution in [3.05, 3.63) is 236 Å². The molecule has 3 heteroatoms. The highest BCUT2D eigenvalue weighted by Gasteiger charge is 2.37. The highest BCUT2D eigenvalue weighted by Crippen LogP contribution is 2.49. The van der Waals surface area contributed by atoms with Crippen LogP contribution in [0, 0.1) is 0 Å². The Hall–Kier alpha value is -8.14. The van der Waals surface area contributed by atoms with Crippen molar-refractivity contribution in [2.45, 2.75) is 12.0 Å². The summed E-state index contributed by atoms with van der Waals surface area (Å²) < 4.78 is 8.95. The minimum Gasteiger partial charge on any atom is -0.456 e. The van der Waals surface area contributed by atoms with Crippen molar-refractivity contribution >= 4 is 55.1 Å². The predicted octanol–water partition coefficient (Wildman–Crippen LogP) is 16.1. The van der Waals surface area contributed by atoms with Crippen LogP contribution in [0.25, 0.3) is 93.9 Å². The van der Waals surface area contributed by atoms with Crippen molar-refractivity contribution in [3.8, 4) is 50.2 Å². The van der Waals surface area contributed by atoms with Crippen LogP contribution in [0.4, 0.5) is 11.4 Å². The number of benzene rings is 9. The zero-order valence-electron chi connectivity index (χ0n) is 34.4. The molecule has 2 aliphatic rings. The molecule has 0 radical (unpaired) electrons. The molecule has 2 atom stereocenters. The van der Waals surface area contributed by atoms with Gasteiger partial charge in [-0.2, -0.15) is 0 Å². The van der Waals surface area contributed by atoms with Gasteiger partial charge in [0.15, 0.2) is 0 Å². The summed E-state index contributed by atoms with van der Waals surface area (Å²) >= 11 is 0. The van der Waals surface area contributed by atoms with E-state index in [1.807, 2.05) is 0 Å². The number of hydrogen-bond acceptors (Lipinski definition) is 2. The average Bonchev–Trinajstić information content (AvgIpc) is 4.01. The van der Waals surface area contributed by atoms with Crippen LogP contribution < -0.4 is 4.90 Å². The summed E-state index contributed by atoms with van der Waals surface area (Å²) in [6.07, 6.45) is 9.06. The second-order valence-electron chi connectivity index (χ2n) is 16.8. The molecule has 296 valence electrons. The van der Waals surface area contributed by atoms with Crippen molar-refractivity contribution in [2.24, 2.45) is 0 Å². The van der Waals surface area contributed by atoms with Gasteiger partial charge in [-0.05, 0) is 129 Å². The Balaban J connectivity index is 0.898.